The minimum absolute atomic E-state index is 0.00370. The van der Waals surface area contributed by atoms with Crippen LogP contribution < -0.4 is 10.6 Å². The van der Waals surface area contributed by atoms with E-state index in [9.17, 15) is 0 Å². The molecule has 2 N–H and O–H groups in total. The first kappa shape index (κ1) is 125. The fourth-order valence-electron chi connectivity index (χ4n) is 18.6. The van der Waals surface area contributed by atoms with Crippen LogP contribution in [0.25, 0.3) is 0 Å². The summed E-state index contributed by atoms with van der Waals surface area (Å²) in [6, 6.07) is 0. The van der Waals surface area contributed by atoms with Crippen LogP contribution in [-0.2, 0) is 9.47 Å². The van der Waals surface area contributed by atoms with Gasteiger partial charge in [0.25, 0.3) is 0 Å². The Kier molecular flexibility index (Phi) is 53.1. The predicted molar refractivity (Wildman–Crippen MR) is 570 cm³/mol. The predicted octanol–water partition coefficient (Wildman–Crippen LogP) is 23.5. The summed E-state index contributed by atoms with van der Waals surface area (Å²) in [4.78, 5) is 31.0. The third-order valence-corrected chi connectivity index (χ3v) is 28.7. The summed E-state index contributed by atoms with van der Waals surface area (Å²) in [6.45, 7) is 151. The summed E-state index contributed by atoms with van der Waals surface area (Å²) in [6.07, 6.45) is 13.6. The highest BCUT2D eigenvalue weighted by Gasteiger charge is 2.37. The second-order valence-electron chi connectivity index (χ2n) is 57.5. The van der Waals surface area contributed by atoms with Crippen molar-refractivity contribution in [3.05, 3.63) is 0 Å². The summed E-state index contributed by atoms with van der Waals surface area (Å²) < 4.78 is 11.6. The van der Waals surface area contributed by atoms with Crippen LogP contribution in [0.5, 0.6) is 0 Å². The maximum atomic E-state index is 5.78. The molecule has 8 fully saturated rings. The molecule has 8 heterocycles. The Morgan fingerprint density at radius 3 is 0.547 bits per heavy atom. The molecule has 16 heteroatoms. The molecule has 0 spiro atoms. The summed E-state index contributed by atoms with van der Waals surface area (Å²) >= 11 is 0. The van der Waals surface area contributed by atoms with Gasteiger partial charge in [0.05, 0.1) is 24.4 Å². The summed E-state index contributed by atoms with van der Waals surface area (Å²) in [5.74, 6) is 3.65. The van der Waals surface area contributed by atoms with E-state index in [1.165, 1.54) is 247 Å². The molecule has 0 aromatic heterocycles. The fraction of sp³-hybridized carbons (Fsp3) is 1.00. The number of ether oxygens (including phenoxy) is 2. The first-order chi connectivity index (χ1) is 57.5. The van der Waals surface area contributed by atoms with Crippen molar-refractivity contribution in [3.8, 4) is 0 Å². The Balaban J connectivity index is 0.000000732. The molecule has 16 nitrogen and oxygen atoms in total. The van der Waals surface area contributed by atoms with E-state index in [4.69, 9.17) is 9.47 Å². The molecular formula is C112H238N14O2. The Labute approximate surface area is 805 Å². The summed E-state index contributed by atoms with van der Waals surface area (Å²) in [7, 11) is 0. The molecule has 0 aromatic carbocycles. The lowest BCUT2D eigenvalue weighted by Crippen LogP contribution is -2.57. The molecule has 8 rings (SSSR count). The van der Waals surface area contributed by atoms with Gasteiger partial charge in [-0.05, 0) is 394 Å². The normalized spacial score (nSPS) is 21.4. The van der Waals surface area contributed by atoms with Gasteiger partial charge in [-0.1, -0.05) is 125 Å². The molecule has 8 aliphatic heterocycles. The van der Waals surface area contributed by atoms with Gasteiger partial charge in [-0.15, -0.1) is 0 Å². The molecule has 0 aliphatic carbocycles. The van der Waals surface area contributed by atoms with Crippen LogP contribution in [0.1, 0.15) is 397 Å². The van der Waals surface area contributed by atoms with Crippen molar-refractivity contribution in [3.63, 3.8) is 0 Å². The highest BCUT2D eigenvalue weighted by atomic mass is 16.5. The Morgan fingerprint density at radius 2 is 0.359 bits per heavy atom. The number of piperidine rings is 4. The SMILES string of the molecule is CC(C)(C)C1CCN(C(C)(C)C)CC1.CC(C)(C)CCN1CCC(C(C)(C)C)CC1.CC(C)(C)CCN1CCN(C(C)(C)C)CC1.CC(C)(C)N1CCN(C(C)(C)C)CC1.CC(C)(C)NCCN1CCC(C(C)(C)C)CC1.CC(C)(C)NCCN1CCN(C(C)(C)C)CC1.CC(C)(C)OCCN1CCC(C(C)(C)C)CC1.CC(C)(C)OCCN1CCN(C(C)(C)C)CC1. The Hall–Kier alpha value is -0.640. The molecule has 0 aromatic rings. The summed E-state index contributed by atoms with van der Waals surface area (Å²) in [5, 5.41) is 7.12. The molecule has 0 unspecified atom stereocenters. The van der Waals surface area contributed by atoms with Gasteiger partial charge in [0.2, 0.25) is 0 Å². The topological polar surface area (TPSA) is 81.4 Å². The molecule has 0 atom stereocenters. The van der Waals surface area contributed by atoms with E-state index in [0.29, 0.717) is 65.7 Å². The highest BCUT2D eigenvalue weighted by molar-refractivity contribution is 4.92. The molecule has 0 amide bonds. The van der Waals surface area contributed by atoms with Gasteiger partial charge in [-0.2, -0.15) is 0 Å². The van der Waals surface area contributed by atoms with Crippen LogP contribution in [0, 0.1) is 56.2 Å². The smallest absolute Gasteiger partial charge is 0.0600 e. The number of likely N-dealkylation sites (tertiary alicyclic amines) is 4. The maximum Gasteiger partial charge on any atom is 0.0600 e. The zero-order valence-electron chi connectivity index (χ0n) is 96.6. The Morgan fingerprint density at radius 1 is 0.195 bits per heavy atom. The second kappa shape index (κ2) is 54.2. The van der Waals surface area contributed by atoms with Gasteiger partial charge in [0, 0.05) is 188 Å². The number of hydrogen-bond acceptors (Lipinski definition) is 16. The van der Waals surface area contributed by atoms with E-state index in [1.807, 2.05) is 0 Å². The number of nitrogens with zero attached hydrogens (tertiary/aromatic N) is 12. The van der Waals surface area contributed by atoms with E-state index in [2.05, 4.69) is 402 Å². The summed E-state index contributed by atoms with van der Waals surface area (Å²) in [5.41, 5.74) is 5.47. The van der Waals surface area contributed by atoms with Gasteiger partial charge < -0.3 is 39.7 Å². The molecule has 128 heavy (non-hydrogen) atoms. The van der Waals surface area contributed by atoms with Gasteiger partial charge >= 0.3 is 0 Å². The Bertz CT molecular complexity index is 2430. The van der Waals surface area contributed by atoms with Gasteiger partial charge in [-0.25, -0.2) is 0 Å². The van der Waals surface area contributed by atoms with E-state index in [1.54, 1.807) is 0 Å². The second-order valence-corrected chi connectivity index (χ2v) is 57.5. The van der Waals surface area contributed by atoms with Gasteiger partial charge in [0.15, 0.2) is 0 Å². The lowest BCUT2D eigenvalue weighted by molar-refractivity contribution is -0.0220. The zero-order valence-corrected chi connectivity index (χ0v) is 96.6. The first-order valence-corrected chi connectivity index (χ1v) is 53.1. The molecule has 768 valence electrons. The van der Waals surface area contributed by atoms with E-state index >= 15 is 0 Å². The minimum atomic E-state index is -0.00671. The lowest BCUT2D eigenvalue weighted by atomic mass is 9.75. The largest absolute Gasteiger partial charge is 0.375 e. The van der Waals surface area contributed by atoms with Crippen molar-refractivity contribution in [2.45, 2.75) is 452 Å². The maximum absolute atomic E-state index is 5.78. The molecular weight excluding hydrogens is 1570 g/mol. The van der Waals surface area contributed by atoms with E-state index < -0.39 is 0 Å². The minimum Gasteiger partial charge on any atom is -0.375 e. The van der Waals surface area contributed by atoms with Gasteiger partial charge in [0.1, 0.15) is 0 Å². The number of rotatable bonds is 16. The van der Waals surface area contributed by atoms with Crippen LogP contribution in [0.2, 0.25) is 0 Å². The average molecular weight is 1810 g/mol. The number of hydrogen-bond donors (Lipinski definition) is 2. The van der Waals surface area contributed by atoms with Crippen LogP contribution in [0.3, 0.4) is 0 Å². The van der Waals surface area contributed by atoms with Crippen LogP contribution in [-0.4, -0.2) is 337 Å². The first-order valence-electron chi connectivity index (χ1n) is 53.1. The number of piperazine rings is 4. The quantitative estimate of drug-likeness (QED) is 0.154. The lowest BCUT2D eigenvalue weighted by Gasteiger charge is -2.46. The molecule has 8 aliphatic rings. The van der Waals surface area contributed by atoms with Crippen molar-refractivity contribution < 1.29 is 9.47 Å². The zero-order chi connectivity index (χ0) is 99.2. The fourth-order valence-corrected chi connectivity index (χ4v) is 18.6. The monoisotopic (exact) mass is 1810 g/mol. The van der Waals surface area contributed by atoms with Crippen molar-refractivity contribution in [2.75, 3.05) is 223 Å². The highest BCUT2D eigenvalue weighted by Crippen LogP contribution is 2.39. The molecule has 8 saturated heterocycles. The van der Waals surface area contributed by atoms with Crippen molar-refractivity contribution in [2.24, 2.45) is 56.2 Å². The standard InChI is InChI=1S/C15H32N2.C15H31NO.C15H31N.C14H31N3.C14H30N2O.C14H30N2.C13H27N.C12H26N2/c1-14(2,3)13-7-10-17(11-8-13)12-9-16-15(4,5)6;1-14(2,3)13-7-9-16(10-8-13)11-12-17-15(4,5)6;1-14(2,3)9-12-16-10-7-13(8-11-16)15(4,5)6;1-13(2,3)15-7-8-16-9-11-17(12-10-16)14(4,5)6;1-13(2,3)16-9-7-15(8-10-16)11-12-17-14(4,5)6;1-13(2,3)7-8-15-9-11-16(12-10-15)14(4,5)6;1-12(2,3)11-7-9-14(10-8-11)13(4,5)6;1-11(2,3)13-7-9-14(10-8-13)12(4,5)6/h13,16H,7-12H2,1-6H3;13H,7-12H2,1-6H3;13H,7-12H2,1-6H3;15H,7-12H2,1-6H3;7-12H2,1-6H3;7-12H2,1-6H3;11H,7-10H2,1-6H3;7-10H2,1-6H3. The average Bonchev–Trinajstić information content (AvgIpc) is 0.893. The van der Waals surface area contributed by atoms with E-state index in [-0.39, 0.29) is 22.3 Å². The number of nitrogens with one attached hydrogen (secondary N) is 2. The van der Waals surface area contributed by atoms with E-state index in [0.717, 1.165) is 63.1 Å². The third-order valence-electron chi connectivity index (χ3n) is 28.7. The molecule has 0 saturated carbocycles. The molecule has 0 radical (unpaired) electrons. The van der Waals surface area contributed by atoms with Crippen LogP contribution >= 0.6 is 0 Å². The third kappa shape index (κ3) is 60.3. The van der Waals surface area contributed by atoms with Crippen LogP contribution in [0.4, 0.5) is 0 Å². The van der Waals surface area contributed by atoms with Crippen LogP contribution in [0.15, 0.2) is 0 Å². The van der Waals surface area contributed by atoms with Gasteiger partial charge in [-0.3, -0.25) is 39.2 Å². The molecule has 0 bridgehead atoms. The van der Waals surface area contributed by atoms with Crippen molar-refractivity contribution in [1.29, 1.82) is 0 Å². The van der Waals surface area contributed by atoms with Crippen molar-refractivity contribution in [1.82, 2.24) is 69.4 Å². The van der Waals surface area contributed by atoms with Crippen molar-refractivity contribution >= 4 is 0 Å².